The summed E-state index contributed by atoms with van der Waals surface area (Å²) >= 11 is 0. The van der Waals surface area contributed by atoms with Crippen LogP contribution in [0.3, 0.4) is 0 Å². The molecule has 0 aromatic heterocycles. The lowest BCUT2D eigenvalue weighted by molar-refractivity contribution is -0.143. The number of hydrogen-bond acceptors (Lipinski definition) is 2. The van der Waals surface area contributed by atoms with Crippen LogP contribution in [0.1, 0.15) is 28.8 Å². The average Bonchev–Trinajstić information content (AvgIpc) is 2.57. The van der Waals surface area contributed by atoms with Crippen molar-refractivity contribution in [1.29, 1.82) is 0 Å². The minimum absolute atomic E-state index is 0.0236. The van der Waals surface area contributed by atoms with Crippen LogP contribution in [0.15, 0.2) is 30.3 Å². The summed E-state index contributed by atoms with van der Waals surface area (Å²) < 4.78 is 0. The van der Waals surface area contributed by atoms with Crippen LogP contribution >= 0.6 is 0 Å². The second-order valence-electron chi connectivity index (χ2n) is 5.08. The number of benzene rings is 1. The number of carbonyl (C=O) groups excluding carboxylic acids is 1. The van der Waals surface area contributed by atoms with Crippen LogP contribution in [-0.4, -0.2) is 34.5 Å². The first-order chi connectivity index (χ1) is 9.16. The largest absolute Gasteiger partial charge is 0.481 e. The molecule has 0 aliphatic carbocycles. The third-order valence-electron chi connectivity index (χ3n) is 3.93. The average molecular weight is 257 g/mol. The lowest BCUT2D eigenvalue weighted by Crippen LogP contribution is -2.47. The van der Waals surface area contributed by atoms with Crippen LogP contribution in [-0.2, 0) is 4.79 Å². The van der Waals surface area contributed by atoms with E-state index in [0.29, 0.717) is 24.9 Å². The van der Waals surface area contributed by atoms with Gasteiger partial charge in [0.15, 0.2) is 0 Å². The zero-order valence-electron chi connectivity index (χ0n) is 10.5. The van der Waals surface area contributed by atoms with Crippen molar-refractivity contribution >= 4 is 18.0 Å². The molecule has 98 valence electrons. The van der Waals surface area contributed by atoms with E-state index in [1.54, 1.807) is 11.0 Å². The van der Waals surface area contributed by atoms with Crippen LogP contribution in [0.4, 0.5) is 0 Å². The highest BCUT2D eigenvalue weighted by molar-refractivity contribution is 5.99. The summed E-state index contributed by atoms with van der Waals surface area (Å²) in [5, 5.41) is 9.12. The number of fused-ring (bicyclic) bond motifs is 2. The molecule has 2 unspecified atom stereocenters. The van der Waals surface area contributed by atoms with E-state index >= 15 is 0 Å². The maximum absolute atomic E-state index is 12.5. The van der Waals surface area contributed by atoms with E-state index in [1.165, 1.54) is 0 Å². The number of amides is 1. The topological polar surface area (TPSA) is 57.6 Å². The fourth-order valence-electron chi connectivity index (χ4n) is 2.83. The van der Waals surface area contributed by atoms with Crippen molar-refractivity contribution < 1.29 is 14.7 Å². The first-order valence-corrected chi connectivity index (χ1v) is 6.48. The fourth-order valence-corrected chi connectivity index (χ4v) is 2.83. The lowest BCUT2D eigenvalue weighted by atomic mass is 9.92. The van der Waals surface area contributed by atoms with Gasteiger partial charge in [-0.3, -0.25) is 9.59 Å². The molecular weight excluding hydrogens is 242 g/mol. The molecule has 2 atom stereocenters. The molecule has 4 heteroatoms. The molecular formula is C15H15NO3. The van der Waals surface area contributed by atoms with Gasteiger partial charge in [-0.25, -0.2) is 0 Å². The van der Waals surface area contributed by atoms with Crippen molar-refractivity contribution in [1.82, 2.24) is 4.90 Å². The Labute approximate surface area is 111 Å². The van der Waals surface area contributed by atoms with Crippen molar-refractivity contribution in [2.24, 2.45) is 5.92 Å². The maximum Gasteiger partial charge on any atom is 0.308 e. The molecule has 1 fully saturated rings. The third-order valence-corrected chi connectivity index (χ3v) is 3.93. The van der Waals surface area contributed by atoms with E-state index in [-0.39, 0.29) is 11.9 Å². The van der Waals surface area contributed by atoms with Gasteiger partial charge in [-0.05, 0) is 24.5 Å². The highest BCUT2D eigenvalue weighted by Gasteiger charge is 2.35. The Kier molecular flexibility index (Phi) is 2.85. The Morgan fingerprint density at radius 3 is 2.84 bits per heavy atom. The number of hydrogen-bond donors (Lipinski definition) is 1. The van der Waals surface area contributed by atoms with Gasteiger partial charge in [-0.15, -0.1) is 0 Å². The number of aliphatic carboxylic acids is 1. The number of carboxylic acid groups (broad SMARTS) is 1. The maximum atomic E-state index is 12.5. The number of carboxylic acids is 1. The van der Waals surface area contributed by atoms with Crippen molar-refractivity contribution in [3.63, 3.8) is 0 Å². The summed E-state index contributed by atoms with van der Waals surface area (Å²) in [6.45, 7) is 0.303. The van der Waals surface area contributed by atoms with E-state index in [1.807, 2.05) is 30.4 Å². The summed E-state index contributed by atoms with van der Waals surface area (Å²) in [4.78, 5) is 25.3. The Balaban J connectivity index is 1.96. The Bertz CT molecular complexity index is 564. The molecule has 2 aliphatic heterocycles. The molecule has 0 spiro atoms. The molecule has 3 rings (SSSR count). The van der Waals surface area contributed by atoms with E-state index < -0.39 is 11.9 Å². The minimum atomic E-state index is -0.812. The summed E-state index contributed by atoms with van der Waals surface area (Å²) in [5.74, 6) is -1.32. The quantitative estimate of drug-likeness (QED) is 0.837. The van der Waals surface area contributed by atoms with Crippen LogP contribution in [0, 0.1) is 5.92 Å². The molecule has 0 radical (unpaired) electrons. The van der Waals surface area contributed by atoms with E-state index in [9.17, 15) is 9.59 Å². The van der Waals surface area contributed by atoms with Gasteiger partial charge < -0.3 is 10.0 Å². The van der Waals surface area contributed by atoms with Crippen LogP contribution < -0.4 is 0 Å². The van der Waals surface area contributed by atoms with E-state index in [0.717, 1.165) is 5.56 Å². The third kappa shape index (κ3) is 2.03. The van der Waals surface area contributed by atoms with Crippen molar-refractivity contribution in [3.05, 3.63) is 41.5 Å². The molecule has 1 aromatic carbocycles. The van der Waals surface area contributed by atoms with Crippen LogP contribution in [0.2, 0.25) is 0 Å². The predicted molar refractivity (Wildman–Crippen MR) is 70.7 cm³/mol. The molecule has 0 saturated carbocycles. The van der Waals surface area contributed by atoms with Gasteiger partial charge in [-0.1, -0.05) is 30.4 Å². The highest BCUT2D eigenvalue weighted by atomic mass is 16.4. The number of piperidine rings is 1. The van der Waals surface area contributed by atoms with Crippen LogP contribution in [0.5, 0.6) is 0 Å². The molecule has 1 aromatic rings. The monoisotopic (exact) mass is 257 g/mol. The second-order valence-corrected chi connectivity index (χ2v) is 5.08. The number of rotatable bonds is 1. The molecule has 19 heavy (non-hydrogen) atoms. The highest BCUT2D eigenvalue weighted by Crippen LogP contribution is 2.29. The summed E-state index contributed by atoms with van der Waals surface area (Å²) in [6.07, 6.45) is 5.33. The second kappa shape index (κ2) is 4.53. The molecule has 4 nitrogen and oxygen atoms in total. The van der Waals surface area contributed by atoms with Crippen molar-refractivity contribution in [2.75, 3.05) is 6.54 Å². The molecule has 1 N–H and O–H groups in total. The Hall–Kier alpha value is -2.10. The summed E-state index contributed by atoms with van der Waals surface area (Å²) in [7, 11) is 0. The zero-order valence-corrected chi connectivity index (χ0v) is 10.5. The Morgan fingerprint density at radius 1 is 1.26 bits per heavy atom. The zero-order chi connectivity index (χ0) is 13.4. The van der Waals surface area contributed by atoms with Gasteiger partial charge in [0, 0.05) is 12.1 Å². The SMILES string of the molecule is O=C(O)C1CCC2C=Cc3ccccc3C(=O)N2C1. The fraction of sp³-hybridized carbons (Fsp3) is 0.333. The smallest absolute Gasteiger partial charge is 0.308 e. The lowest BCUT2D eigenvalue weighted by Gasteiger charge is -2.36. The normalized spacial score (nSPS) is 25.5. The van der Waals surface area contributed by atoms with Gasteiger partial charge in [-0.2, -0.15) is 0 Å². The van der Waals surface area contributed by atoms with E-state index in [2.05, 4.69) is 0 Å². The van der Waals surface area contributed by atoms with Gasteiger partial charge in [0.1, 0.15) is 0 Å². The van der Waals surface area contributed by atoms with Gasteiger partial charge in [0.2, 0.25) is 0 Å². The van der Waals surface area contributed by atoms with E-state index in [4.69, 9.17) is 5.11 Å². The summed E-state index contributed by atoms with van der Waals surface area (Å²) in [6, 6.07) is 7.48. The first kappa shape index (κ1) is 12.0. The standard InChI is InChI=1S/C15H15NO3/c17-14-13-4-2-1-3-10(13)5-7-12-8-6-11(15(18)19)9-16(12)14/h1-5,7,11-12H,6,8-9H2,(H,18,19). The molecule has 1 saturated heterocycles. The summed E-state index contributed by atoms with van der Waals surface area (Å²) in [5.41, 5.74) is 1.57. The van der Waals surface area contributed by atoms with Crippen molar-refractivity contribution in [3.8, 4) is 0 Å². The first-order valence-electron chi connectivity index (χ1n) is 6.48. The van der Waals surface area contributed by atoms with Gasteiger partial charge >= 0.3 is 5.97 Å². The molecule has 2 aliphatic rings. The van der Waals surface area contributed by atoms with Gasteiger partial charge in [0.05, 0.1) is 12.0 Å². The Morgan fingerprint density at radius 2 is 2.05 bits per heavy atom. The number of nitrogens with zero attached hydrogens (tertiary/aromatic N) is 1. The molecule has 0 bridgehead atoms. The number of carbonyl (C=O) groups is 2. The van der Waals surface area contributed by atoms with Crippen LogP contribution in [0.25, 0.3) is 6.08 Å². The predicted octanol–water partition coefficient (Wildman–Crippen LogP) is 2.02. The van der Waals surface area contributed by atoms with Gasteiger partial charge in [0.25, 0.3) is 5.91 Å². The molecule has 1 amide bonds. The molecule has 2 heterocycles. The minimum Gasteiger partial charge on any atom is -0.481 e. The van der Waals surface area contributed by atoms with Crippen molar-refractivity contribution in [2.45, 2.75) is 18.9 Å².